The molecular weight excluding hydrogens is 334 g/mol. The normalized spacial score (nSPS) is 12.2. The van der Waals surface area contributed by atoms with Gasteiger partial charge in [0.2, 0.25) is 18.6 Å². The number of ether oxygens (including phenoxy) is 2. The first-order valence-electron chi connectivity index (χ1n) is 7.93. The van der Waals surface area contributed by atoms with Crippen molar-refractivity contribution in [3.05, 3.63) is 48.0 Å². The monoisotopic (exact) mass is 351 g/mol. The summed E-state index contributed by atoms with van der Waals surface area (Å²) in [5, 5.41) is 14.2. The smallest absolute Gasteiger partial charge is 0.239 e. The van der Waals surface area contributed by atoms with E-state index in [2.05, 4.69) is 10.6 Å². The highest BCUT2D eigenvalue weighted by Gasteiger charge is 2.36. The van der Waals surface area contributed by atoms with Gasteiger partial charge in [0.1, 0.15) is 5.41 Å². The van der Waals surface area contributed by atoms with Gasteiger partial charge >= 0.3 is 0 Å². The Balaban J connectivity index is 1.68. The summed E-state index contributed by atoms with van der Waals surface area (Å²) in [6, 6.07) is 13.4. The van der Waals surface area contributed by atoms with Gasteiger partial charge in [0.05, 0.1) is 11.6 Å². The van der Waals surface area contributed by atoms with E-state index in [1.165, 1.54) is 13.8 Å². The molecule has 1 aliphatic rings. The SMILES string of the molecule is CC(C)(C(=O)Nc1ccc(C#N)cc1)C(=O)Nc1ccc2c(c1)OCO2. The fourth-order valence-electron chi connectivity index (χ4n) is 2.28. The molecule has 2 N–H and O–H groups in total. The van der Waals surface area contributed by atoms with Crippen molar-refractivity contribution in [3.63, 3.8) is 0 Å². The molecule has 0 aliphatic carbocycles. The minimum Gasteiger partial charge on any atom is -0.454 e. The van der Waals surface area contributed by atoms with Gasteiger partial charge < -0.3 is 20.1 Å². The summed E-state index contributed by atoms with van der Waals surface area (Å²) < 4.78 is 10.5. The highest BCUT2D eigenvalue weighted by Crippen LogP contribution is 2.34. The van der Waals surface area contributed by atoms with Crippen LogP contribution in [0.1, 0.15) is 19.4 Å². The molecule has 0 aromatic heterocycles. The van der Waals surface area contributed by atoms with Crippen LogP contribution < -0.4 is 20.1 Å². The Kier molecular flexibility index (Phi) is 4.50. The molecule has 26 heavy (non-hydrogen) atoms. The fraction of sp³-hybridized carbons (Fsp3) is 0.211. The third-order valence-electron chi connectivity index (χ3n) is 4.04. The number of anilines is 2. The van der Waals surface area contributed by atoms with Gasteiger partial charge in [-0.05, 0) is 50.2 Å². The zero-order chi connectivity index (χ0) is 18.7. The summed E-state index contributed by atoms with van der Waals surface area (Å²) in [6.45, 7) is 3.22. The second-order valence-electron chi connectivity index (χ2n) is 6.29. The molecule has 3 rings (SSSR count). The number of fused-ring (bicyclic) bond motifs is 1. The fourth-order valence-corrected chi connectivity index (χ4v) is 2.28. The van der Waals surface area contributed by atoms with Gasteiger partial charge in [-0.15, -0.1) is 0 Å². The van der Waals surface area contributed by atoms with Gasteiger partial charge in [-0.1, -0.05) is 0 Å². The molecule has 2 aromatic rings. The van der Waals surface area contributed by atoms with Crippen LogP contribution in [0.15, 0.2) is 42.5 Å². The molecule has 0 spiro atoms. The first-order chi connectivity index (χ1) is 12.4. The average molecular weight is 351 g/mol. The quantitative estimate of drug-likeness (QED) is 0.825. The van der Waals surface area contributed by atoms with Crippen molar-refractivity contribution in [2.75, 3.05) is 17.4 Å². The van der Waals surface area contributed by atoms with E-state index in [4.69, 9.17) is 14.7 Å². The average Bonchev–Trinajstić information content (AvgIpc) is 3.10. The number of carbonyl (C=O) groups excluding carboxylic acids is 2. The predicted octanol–water partition coefficient (Wildman–Crippen LogP) is 2.89. The van der Waals surface area contributed by atoms with Crippen molar-refractivity contribution < 1.29 is 19.1 Å². The Morgan fingerprint density at radius 2 is 1.54 bits per heavy atom. The molecular formula is C19H17N3O4. The number of carbonyl (C=O) groups is 2. The second-order valence-corrected chi connectivity index (χ2v) is 6.29. The van der Waals surface area contributed by atoms with Crippen molar-refractivity contribution >= 4 is 23.2 Å². The van der Waals surface area contributed by atoms with E-state index in [9.17, 15) is 9.59 Å². The third-order valence-corrected chi connectivity index (χ3v) is 4.04. The van der Waals surface area contributed by atoms with Crippen molar-refractivity contribution in [2.45, 2.75) is 13.8 Å². The maximum absolute atomic E-state index is 12.6. The summed E-state index contributed by atoms with van der Waals surface area (Å²) in [5.74, 6) is 0.242. The molecule has 0 atom stereocenters. The van der Waals surface area contributed by atoms with Crippen LogP contribution in [0.4, 0.5) is 11.4 Å². The molecule has 132 valence electrons. The van der Waals surface area contributed by atoms with E-state index < -0.39 is 17.2 Å². The number of hydrogen-bond acceptors (Lipinski definition) is 5. The van der Waals surface area contributed by atoms with Gasteiger partial charge in [0.25, 0.3) is 0 Å². The topological polar surface area (TPSA) is 100 Å². The summed E-state index contributed by atoms with van der Waals surface area (Å²) >= 11 is 0. The standard InChI is InChI=1S/C19H17N3O4/c1-19(2,17(23)21-13-5-3-12(10-20)4-6-13)18(24)22-14-7-8-15-16(9-14)26-11-25-15/h3-9H,11H2,1-2H3,(H,21,23)(H,22,24). The van der Waals surface area contributed by atoms with Crippen LogP contribution in [-0.2, 0) is 9.59 Å². The van der Waals surface area contributed by atoms with Crippen molar-refractivity contribution in [3.8, 4) is 17.6 Å². The minimum absolute atomic E-state index is 0.144. The van der Waals surface area contributed by atoms with Crippen LogP contribution in [0.25, 0.3) is 0 Å². The molecule has 1 aliphatic heterocycles. The van der Waals surface area contributed by atoms with Crippen LogP contribution in [0.5, 0.6) is 11.5 Å². The molecule has 0 fully saturated rings. The maximum Gasteiger partial charge on any atom is 0.239 e. The van der Waals surface area contributed by atoms with E-state index in [0.29, 0.717) is 28.4 Å². The molecule has 2 aromatic carbocycles. The summed E-state index contributed by atoms with van der Waals surface area (Å²) in [6.07, 6.45) is 0. The zero-order valence-corrected chi connectivity index (χ0v) is 14.3. The van der Waals surface area contributed by atoms with Crippen LogP contribution >= 0.6 is 0 Å². The number of nitrogens with one attached hydrogen (secondary N) is 2. The Labute approximate surface area is 150 Å². The van der Waals surface area contributed by atoms with E-state index in [1.54, 1.807) is 42.5 Å². The van der Waals surface area contributed by atoms with Crippen LogP contribution in [0.3, 0.4) is 0 Å². The summed E-state index contributed by atoms with van der Waals surface area (Å²) in [4.78, 5) is 25.1. The Hall–Kier alpha value is -3.53. The minimum atomic E-state index is -1.32. The highest BCUT2D eigenvalue weighted by atomic mass is 16.7. The van der Waals surface area contributed by atoms with Crippen molar-refractivity contribution in [1.29, 1.82) is 5.26 Å². The number of benzene rings is 2. The van der Waals surface area contributed by atoms with Gasteiger partial charge in [0.15, 0.2) is 11.5 Å². The molecule has 2 amide bonds. The summed E-state index contributed by atoms with van der Waals surface area (Å²) in [7, 11) is 0. The molecule has 0 radical (unpaired) electrons. The van der Waals surface area contributed by atoms with Crippen LogP contribution in [0, 0.1) is 16.7 Å². The molecule has 0 saturated heterocycles. The van der Waals surface area contributed by atoms with E-state index in [-0.39, 0.29) is 6.79 Å². The van der Waals surface area contributed by atoms with Gasteiger partial charge in [-0.2, -0.15) is 5.26 Å². The van der Waals surface area contributed by atoms with E-state index in [1.807, 2.05) is 6.07 Å². The first-order valence-corrected chi connectivity index (χ1v) is 7.93. The molecule has 7 heteroatoms. The number of nitrogens with zero attached hydrogens (tertiary/aromatic N) is 1. The lowest BCUT2D eigenvalue weighted by Crippen LogP contribution is -2.41. The van der Waals surface area contributed by atoms with Crippen LogP contribution in [-0.4, -0.2) is 18.6 Å². The van der Waals surface area contributed by atoms with Crippen molar-refractivity contribution in [2.24, 2.45) is 5.41 Å². The Morgan fingerprint density at radius 1 is 0.962 bits per heavy atom. The number of nitriles is 1. The predicted molar refractivity (Wildman–Crippen MR) is 94.8 cm³/mol. The first kappa shape index (κ1) is 17.3. The number of hydrogen-bond donors (Lipinski definition) is 2. The van der Waals surface area contributed by atoms with Gasteiger partial charge in [0, 0.05) is 17.4 Å². The van der Waals surface area contributed by atoms with Gasteiger partial charge in [-0.3, -0.25) is 9.59 Å². The molecule has 1 heterocycles. The lowest BCUT2D eigenvalue weighted by atomic mass is 9.90. The molecule has 0 unspecified atom stereocenters. The van der Waals surface area contributed by atoms with Crippen LogP contribution in [0.2, 0.25) is 0 Å². The van der Waals surface area contributed by atoms with Crippen molar-refractivity contribution in [1.82, 2.24) is 0 Å². The second kappa shape index (κ2) is 6.76. The number of rotatable bonds is 4. The summed E-state index contributed by atoms with van der Waals surface area (Å²) in [5.41, 5.74) is 0.198. The molecule has 0 saturated carbocycles. The Morgan fingerprint density at radius 3 is 2.19 bits per heavy atom. The lowest BCUT2D eigenvalue weighted by molar-refractivity contribution is -0.135. The maximum atomic E-state index is 12.6. The molecule has 0 bridgehead atoms. The zero-order valence-electron chi connectivity index (χ0n) is 14.3. The van der Waals surface area contributed by atoms with E-state index >= 15 is 0 Å². The third kappa shape index (κ3) is 3.44. The number of amides is 2. The van der Waals surface area contributed by atoms with Gasteiger partial charge in [-0.25, -0.2) is 0 Å². The molecule has 7 nitrogen and oxygen atoms in total. The largest absolute Gasteiger partial charge is 0.454 e. The lowest BCUT2D eigenvalue weighted by Gasteiger charge is -2.22. The Bertz CT molecular complexity index is 898. The van der Waals surface area contributed by atoms with E-state index in [0.717, 1.165) is 0 Å². The highest BCUT2D eigenvalue weighted by molar-refractivity contribution is 6.14.